The van der Waals surface area contributed by atoms with Gasteiger partial charge in [0.2, 0.25) is 5.91 Å². The first-order valence-electron chi connectivity index (χ1n) is 7.62. The van der Waals surface area contributed by atoms with Gasteiger partial charge >= 0.3 is 6.61 Å². The predicted octanol–water partition coefficient (Wildman–Crippen LogP) is 4.81. The number of carbonyl (C=O) groups is 1. The third-order valence-electron chi connectivity index (χ3n) is 3.52. The molecular weight excluding hydrogens is 312 g/mol. The Morgan fingerprint density at radius 3 is 2.54 bits per heavy atom. The second-order valence-corrected chi connectivity index (χ2v) is 5.23. The lowest BCUT2D eigenvalue weighted by atomic mass is 10.1. The number of benzene rings is 2. The van der Waals surface area contributed by atoms with Crippen LogP contribution in [0.1, 0.15) is 23.6 Å². The van der Waals surface area contributed by atoms with Crippen LogP contribution in [0.25, 0.3) is 6.08 Å². The summed E-state index contributed by atoms with van der Waals surface area (Å²) in [5, 5.41) is 2.89. The number of carbonyl (C=O) groups excluding carboxylic acids is 1. The van der Waals surface area contributed by atoms with Crippen molar-refractivity contribution < 1.29 is 18.3 Å². The molecule has 2 rings (SSSR count). The molecule has 2 aromatic carbocycles. The number of amides is 1. The summed E-state index contributed by atoms with van der Waals surface area (Å²) in [4.78, 5) is 12.1. The van der Waals surface area contributed by atoms with Gasteiger partial charge in [-0.3, -0.25) is 4.79 Å². The molecule has 0 saturated carbocycles. The molecule has 1 amide bonds. The van der Waals surface area contributed by atoms with Crippen molar-refractivity contribution in [3.05, 3.63) is 65.2 Å². The van der Waals surface area contributed by atoms with Gasteiger partial charge in [0.25, 0.3) is 0 Å². The molecule has 0 heterocycles. The Balaban J connectivity index is 2.03. The van der Waals surface area contributed by atoms with E-state index in [4.69, 9.17) is 0 Å². The topological polar surface area (TPSA) is 38.3 Å². The van der Waals surface area contributed by atoms with Crippen LogP contribution >= 0.6 is 0 Å². The van der Waals surface area contributed by atoms with Crippen molar-refractivity contribution in [1.82, 2.24) is 0 Å². The van der Waals surface area contributed by atoms with E-state index in [2.05, 4.69) is 10.1 Å². The summed E-state index contributed by atoms with van der Waals surface area (Å²) in [6.45, 7) is 1.13. The summed E-state index contributed by atoms with van der Waals surface area (Å²) in [7, 11) is 0. The fourth-order valence-corrected chi connectivity index (χ4v) is 2.30. The molecule has 5 heteroatoms. The lowest BCUT2D eigenvalue weighted by Crippen LogP contribution is -2.11. The second-order valence-electron chi connectivity index (χ2n) is 5.23. The summed E-state index contributed by atoms with van der Waals surface area (Å²) in [6.07, 6.45) is 3.85. The maximum Gasteiger partial charge on any atom is 0.387 e. The van der Waals surface area contributed by atoms with Gasteiger partial charge < -0.3 is 10.1 Å². The summed E-state index contributed by atoms with van der Waals surface area (Å²) >= 11 is 0. The Hall–Kier alpha value is -2.69. The van der Waals surface area contributed by atoms with Gasteiger partial charge in [-0.1, -0.05) is 37.3 Å². The Morgan fingerprint density at radius 1 is 1.21 bits per heavy atom. The zero-order valence-electron chi connectivity index (χ0n) is 13.6. The number of hydrogen-bond acceptors (Lipinski definition) is 2. The molecule has 126 valence electrons. The van der Waals surface area contributed by atoms with Crippen molar-refractivity contribution in [3.63, 3.8) is 0 Å². The summed E-state index contributed by atoms with van der Waals surface area (Å²) in [5.41, 5.74) is 3.62. The van der Waals surface area contributed by atoms with Crippen LogP contribution in [0.3, 0.4) is 0 Å². The fourth-order valence-electron chi connectivity index (χ4n) is 2.30. The number of ether oxygens (including phenoxy) is 1. The smallest absolute Gasteiger partial charge is 0.387 e. The monoisotopic (exact) mass is 331 g/mol. The molecule has 0 aromatic heterocycles. The molecule has 1 N–H and O–H groups in total. The average molecular weight is 331 g/mol. The Bertz CT molecular complexity index is 725. The van der Waals surface area contributed by atoms with E-state index in [1.165, 1.54) is 18.2 Å². The number of halogens is 2. The molecule has 24 heavy (non-hydrogen) atoms. The predicted molar refractivity (Wildman–Crippen MR) is 91.3 cm³/mol. The largest absolute Gasteiger partial charge is 0.435 e. The van der Waals surface area contributed by atoms with E-state index in [0.29, 0.717) is 5.56 Å². The molecule has 0 aliphatic carbocycles. The van der Waals surface area contributed by atoms with E-state index in [9.17, 15) is 13.6 Å². The highest BCUT2D eigenvalue weighted by Gasteiger charge is 2.06. The molecule has 0 fully saturated rings. The Morgan fingerprint density at radius 2 is 1.92 bits per heavy atom. The van der Waals surface area contributed by atoms with Crippen molar-refractivity contribution in [2.45, 2.75) is 26.9 Å². The number of aryl methyl sites for hydroxylation is 2. The maximum absolute atomic E-state index is 12.1. The van der Waals surface area contributed by atoms with Crippen LogP contribution in [0.4, 0.5) is 14.5 Å². The third kappa shape index (κ3) is 4.91. The lowest BCUT2D eigenvalue weighted by Gasteiger charge is -2.11. The molecular formula is C19H19F2NO2. The van der Waals surface area contributed by atoms with Crippen LogP contribution in [0, 0.1) is 6.92 Å². The van der Waals surface area contributed by atoms with Crippen LogP contribution < -0.4 is 10.1 Å². The van der Waals surface area contributed by atoms with E-state index >= 15 is 0 Å². The molecule has 0 saturated heterocycles. The third-order valence-corrected chi connectivity index (χ3v) is 3.52. The number of alkyl halides is 2. The van der Waals surface area contributed by atoms with Gasteiger partial charge in [0.15, 0.2) is 0 Å². The molecule has 0 atom stereocenters. The zero-order valence-corrected chi connectivity index (χ0v) is 13.6. The minimum absolute atomic E-state index is 0.0825. The number of para-hydroxylation sites is 1. The molecule has 3 nitrogen and oxygen atoms in total. The number of anilines is 1. The molecule has 0 radical (unpaired) electrons. The normalized spacial score (nSPS) is 11.0. The molecule has 0 aliphatic heterocycles. The first kappa shape index (κ1) is 17.7. The minimum atomic E-state index is -2.85. The number of hydrogen-bond donors (Lipinski definition) is 1. The van der Waals surface area contributed by atoms with Crippen molar-refractivity contribution >= 4 is 17.7 Å². The highest BCUT2D eigenvalue weighted by Crippen LogP contribution is 2.21. The van der Waals surface area contributed by atoms with E-state index in [0.717, 1.165) is 23.2 Å². The first-order chi connectivity index (χ1) is 11.5. The summed E-state index contributed by atoms with van der Waals surface area (Å²) in [6, 6.07) is 12.0. The molecule has 0 aliphatic rings. The van der Waals surface area contributed by atoms with Gasteiger partial charge in [-0.25, -0.2) is 0 Å². The first-order valence-corrected chi connectivity index (χ1v) is 7.62. The summed E-state index contributed by atoms with van der Waals surface area (Å²) in [5.74, 6) is -0.161. The van der Waals surface area contributed by atoms with Crippen LogP contribution in [-0.2, 0) is 11.2 Å². The molecule has 2 aromatic rings. The number of rotatable bonds is 6. The highest BCUT2D eigenvalue weighted by atomic mass is 19.3. The standard InChI is InChI=1S/C19H19F2NO2/c1-3-15-6-4-5-13(2)18(15)22-17(23)12-9-14-7-10-16(11-8-14)24-19(20)21/h4-12,19H,3H2,1-2H3,(H,22,23)/b12-9+. The van der Waals surface area contributed by atoms with E-state index in [-0.39, 0.29) is 11.7 Å². The van der Waals surface area contributed by atoms with Crippen molar-refractivity contribution in [2.75, 3.05) is 5.32 Å². The van der Waals surface area contributed by atoms with E-state index in [1.54, 1.807) is 18.2 Å². The van der Waals surface area contributed by atoms with Gasteiger partial charge in [0.05, 0.1) is 0 Å². The van der Waals surface area contributed by atoms with Gasteiger partial charge in [-0.15, -0.1) is 0 Å². The van der Waals surface area contributed by atoms with E-state index < -0.39 is 6.61 Å². The van der Waals surface area contributed by atoms with Crippen LogP contribution in [0.15, 0.2) is 48.5 Å². The SMILES string of the molecule is CCc1cccc(C)c1NC(=O)/C=C/c1ccc(OC(F)F)cc1. The number of nitrogens with one attached hydrogen (secondary N) is 1. The zero-order chi connectivity index (χ0) is 17.5. The molecule has 0 bridgehead atoms. The minimum Gasteiger partial charge on any atom is -0.435 e. The molecule has 0 unspecified atom stereocenters. The average Bonchev–Trinajstić information content (AvgIpc) is 2.55. The summed E-state index contributed by atoms with van der Waals surface area (Å²) < 4.78 is 28.5. The fraction of sp³-hybridized carbons (Fsp3) is 0.211. The maximum atomic E-state index is 12.1. The molecule has 0 spiro atoms. The van der Waals surface area contributed by atoms with Crippen molar-refractivity contribution in [2.24, 2.45) is 0 Å². The van der Waals surface area contributed by atoms with Crippen molar-refractivity contribution in [3.8, 4) is 5.75 Å². The van der Waals surface area contributed by atoms with Gasteiger partial charge in [-0.2, -0.15) is 8.78 Å². The lowest BCUT2D eigenvalue weighted by molar-refractivity contribution is -0.111. The Labute approximate surface area is 140 Å². The van der Waals surface area contributed by atoms with E-state index in [1.807, 2.05) is 32.0 Å². The van der Waals surface area contributed by atoms with Crippen LogP contribution in [0.5, 0.6) is 5.75 Å². The van der Waals surface area contributed by atoms with Crippen LogP contribution in [-0.4, -0.2) is 12.5 Å². The highest BCUT2D eigenvalue weighted by molar-refractivity contribution is 6.02. The van der Waals surface area contributed by atoms with Crippen LogP contribution in [0.2, 0.25) is 0 Å². The second kappa shape index (κ2) is 8.24. The van der Waals surface area contributed by atoms with Gasteiger partial charge in [0.1, 0.15) is 5.75 Å². The van der Waals surface area contributed by atoms with Gasteiger partial charge in [-0.05, 0) is 48.2 Å². The van der Waals surface area contributed by atoms with Gasteiger partial charge in [0, 0.05) is 11.8 Å². The van der Waals surface area contributed by atoms with Crippen molar-refractivity contribution in [1.29, 1.82) is 0 Å². The quantitative estimate of drug-likeness (QED) is 0.771. The Kier molecular flexibility index (Phi) is 6.07.